The van der Waals surface area contributed by atoms with Crippen molar-refractivity contribution in [2.75, 3.05) is 25.0 Å². The number of carbonyl (C=O) groups is 1. The van der Waals surface area contributed by atoms with Gasteiger partial charge < -0.3 is 15.4 Å². The minimum absolute atomic E-state index is 0.0310. The number of ether oxygens (including phenoxy) is 1. The standard InChI is InChI=1S/C14H22N2O2/c1-3-5-10-18-13-8-6-12(7-9-13)16-14(17)11-15-4-2/h6-9,15H,3-5,10-11H2,1-2H3,(H,16,17). The predicted molar refractivity (Wildman–Crippen MR) is 74.0 cm³/mol. The molecule has 1 rings (SSSR count). The van der Waals surface area contributed by atoms with Gasteiger partial charge in [0.15, 0.2) is 0 Å². The molecule has 0 spiro atoms. The largest absolute Gasteiger partial charge is 0.494 e. The third kappa shape index (κ3) is 5.68. The fraction of sp³-hybridized carbons (Fsp3) is 0.500. The zero-order valence-electron chi connectivity index (χ0n) is 11.2. The lowest BCUT2D eigenvalue weighted by Crippen LogP contribution is -2.27. The molecule has 0 unspecified atom stereocenters. The van der Waals surface area contributed by atoms with Crippen LogP contribution in [0.1, 0.15) is 26.7 Å². The first-order chi connectivity index (χ1) is 8.76. The predicted octanol–water partition coefficient (Wildman–Crippen LogP) is 2.41. The summed E-state index contributed by atoms with van der Waals surface area (Å²) in [7, 11) is 0. The highest BCUT2D eigenvalue weighted by molar-refractivity contribution is 5.92. The van der Waals surface area contributed by atoms with Gasteiger partial charge in [0.1, 0.15) is 5.75 Å². The number of hydrogen-bond acceptors (Lipinski definition) is 3. The molecule has 2 N–H and O–H groups in total. The molecular weight excluding hydrogens is 228 g/mol. The maximum Gasteiger partial charge on any atom is 0.238 e. The van der Waals surface area contributed by atoms with E-state index in [1.165, 1.54) is 0 Å². The summed E-state index contributed by atoms with van der Waals surface area (Å²) in [5, 5.41) is 5.79. The lowest BCUT2D eigenvalue weighted by atomic mass is 10.3. The van der Waals surface area contributed by atoms with Gasteiger partial charge in [-0.3, -0.25) is 4.79 Å². The van der Waals surface area contributed by atoms with Crippen LogP contribution in [0.2, 0.25) is 0 Å². The second-order valence-corrected chi connectivity index (χ2v) is 4.05. The molecule has 0 saturated heterocycles. The molecule has 1 aromatic rings. The van der Waals surface area contributed by atoms with Crippen LogP contribution in [-0.4, -0.2) is 25.6 Å². The van der Waals surface area contributed by atoms with Gasteiger partial charge in [0.25, 0.3) is 0 Å². The molecule has 0 aliphatic carbocycles. The SMILES string of the molecule is CCCCOc1ccc(NC(=O)CNCC)cc1. The topological polar surface area (TPSA) is 50.4 Å². The Bertz CT molecular complexity index is 349. The van der Waals surface area contributed by atoms with Crippen LogP contribution in [0.25, 0.3) is 0 Å². The van der Waals surface area contributed by atoms with Crippen molar-refractivity contribution >= 4 is 11.6 Å². The molecule has 1 amide bonds. The van der Waals surface area contributed by atoms with E-state index < -0.39 is 0 Å². The summed E-state index contributed by atoms with van der Waals surface area (Å²) in [6.07, 6.45) is 2.18. The van der Waals surface area contributed by atoms with Crippen LogP contribution in [0.5, 0.6) is 5.75 Å². The molecule has 0 heterocycles. The summed E-state index contributed by atoms with van der Waals surface area (Å²) >= 11 is 0. The number of likely N-dealkylation sites (N-methyl/N-ethyl adjacent to an activating group) is 1. The van der Waals surface area contributed by atoms with Crippen LogP contribution >= 0.6 is 0 Å². The van der Waals surface area contributed by atoms with E-state index in [2.05, 4.69) is 17.6 Å². The number of hydrogen-bond donors (Lipinski definition) is 2. The first kappa shape index (κ1) is 14.5. The molecule has 0 aliphatic heterocycles. The second kappa shape index (κ2) is 8.53. The summed E-state index contributed by atoms with van der Waals surface area (Å²) in [5.74, 6) is 0.810. The van der Waals surface area contributed by atoms with Crippen LogP contribution in [-0.2, 0) is 4.79 Å². The molecule has 0 radical (unpaired) electrons. The Labute approximate surface area is 109 Å². The van der Waals surface area contributed by atoms with E-state index in [-0.39, 0.29) is 5.91 Å². The summed E-state index contributed by atoms with van der Waals surface area (Å²) in [6.45, 7) is 5.97. The Kier molecular flexibility index (Phi) is 6.87. The number of unbranched alkanes of at least 4 members (excludes halogenated alkanes) is 1. The molecule has 0 bridgehead atoms. The normalized spacial score (nSPS) is 10.1. The number of benzene rings is 1. The van der Waals surface area contributed by atoms with Gasteiger partial charge in [0.05, 0.1) is 13.2 Å². The molecule has 100 valence electrons. The van der Waals surface area contributed by atoms with Crippen molar-refractivity contribution in [1.29, 1.82) is 0 Å². The fourth-order valence-electron chi connectivity index (χ4n) is 1.41. The van der Waals surface area contributed by atoms with Crippen molar-refractivity contribution in [3.63, 3.8) is 0 Å². The minimum Gasteiger partial charge on any atom is -0.494 e. The second-order valence-electron chi connectivity index (χ2n) is 4.05. The molecule has 0 aliphatic rings. The smallest absolute Gasteiger partial charge is 0.238 e. The minimum atomic E-state index is -0.0310. The van der Waals surface area contributed by atoms with Crippen molar-refractivity contribution < 1.29 is 9.53 Å². The number of anilines is 1. The zero-order valence-corrected chi connectivity index (χ0v) is 11.2. The molecule has 0 saturated carbocycles. The van der Waals surface area contributed by atoms with Gasteiger partial charge in [-0.2, -0.15) is 0 Å². The number of rotatable bonds is 8. The Morgan fingerprint density at radius 2 is 1.94 bits per heavy atom. The van der Waals surface area contributed by atoms with E-state index in [1.54, 1.807) is 0 Å². The Morgan fingerprint density at radius 3 is 2.56 bits per heavy atom. The zero-order chi connectivity index (χ0) is 13.2. The number of amides is 1. The molecular formula is C14H22N2O2. The van der Waals surface area contributed by atoms with E-state index in [4.69, 9.17) is 4.74 Å². The first-order valence-corrected chi connectivity index (χ1v) is 6.49. The molecule has 4 heteroatoms. The van der Waals surface area contributed by atoms with E-state index in [0.29, 0.717) is 6.54 Å². The van der Waals surface area contributed by atoms with Crippen LogP contribution < -0.4 is 15.4 Å². The average Bonchev–Trinajstić information content (AvgIpc) is 2.39. The highest BCUT2D eigenvalue weighted by atomic mass is 16.5. The quantitative estimate of drug-likeness (QED) is 0.697. The van der Waals surface area contributed by atoms with Gasteiger partial charge in [-0.05, 0) is 37.2 Å². The van der Waals surface area contributed by atoms with Crippen molar-refractivity contribution in [3.8, 4) is 5.75 Å². The van der Waals surface area contributed by atoms with Gasteiger partial charge in [-0.25, -0.2) is 0 Å². The highest BCUT2D eigenvalue weighted by Gasteiger charge is 2.01. The fourth-order valence-corrected chi connectivity index (χ4v) is 1.41. The van der Waals surface area contributed by atoms with Crippen molar-refractivity contribution in [2.45, 2.75) is 26.7 Å². The monoisotopic (exact) mass is 250 g/mol. The molecule has 4 nitrogen and oxygen atoms in total. The van der Waals surface area contributed by atoms with Crippen LogP contribution in [0.3, 0.4) is 0 Å². The molecule has 0 aromatic heterocycles. The average molecular weight is 250 g/mol. The summed E-state index contributed by atoms with van der Waals surface area (Å²) in [5.41, 5.74) is 0.792. The van der Waals surface area contributed by atoms with Gasteiger partial charge in [-0.1, -0.05) is 20.3 Å². The lowest BCUT2D eigenvalue weighted by Gasteiger charge is -2.08. The van der Waals surface area contributed by atoms with E-state index >= 15 is 0 Å². The van der Waals surface area contributed by atoms with E-state index in [1.807, 2.05) is 31.2 Å². The van der Waals surface area contributed by atoms with Crippen LogP contribution in [0, 0.1) is 0 Å². The molecule has 0 fully saturated rings. The van der Waals surface area contributed by atoms with E-state index in [0.717, 1.165) is 37.4 Å². The van der Waals surface area contributed by atoms with E-state index in [9.17, 15) is 4.79 Å². The summed E-state index contributed by atoms with van der Waals surface area (Å²) in [6, 6.07) is 7.45. The number of carbonyl (C=O) groups excluding carboxylic acids is 1. The van der Waals surface area contributed by atoms with Gasteiger partial charge in [0, 0.05) is 5.69 Å². The summed E-state index contributed by atoms with van der Waals surface area (Å²) in [4.78, 5) is 11.5. The Morgan fingerprint density at radius 1 is 1.22 bits per heavy atom. The number of nitrogens with one attached hydrogen (secondary N) is 2. The van der Waals surface area contributed by atoms with Crippen LogP contribution in [0.15, 0.2) is 24.3 Å². The van der Waals surface area contributed by atoms with Crippen LogP contribution in [0.4, 0.5) is 5.69 Å². The third-order valence-electron chi connectivity index (χ3n) is 2.44. The van der Waals surface area contributed by atoms with Crippen molar-refractivity contribution in [3.05, 3.63) is 24.3 Å². The molecule has 18 heavy (non-hydrogen) atoms. The third-order valence-corrected chi connectivity index (χ3v) is 2.44. The Balaban J connectivity index is 2.37. The maximum absolute atomic E-state index is 11.5. The first-order valence-electron chi connectivity index (χ1n) is 6.49. The Hall–Kier alpha value is -1.55. The molecule has 0 atom stereocenters. The summed E-state index contributed by atoms with van der Waals surface area (Å²) < 4.78 is 5.55. The van der Waals surface area contributed by atoms with Gasteiger partial charge in [-0.15, -0.1) is 0 Å². The molecule has 1 aromatic carbocycles. The van der Waals surface area contributed by atoms with Gasteiger partial charge >= 0.3 is 0 Å². The van der Waals surface area contributed by atoms with Crippen molar-refractivity contribution in [1.82, 2.24) is 5.32 Å². The lowest BCUT2D eigenvalue weighted by molar-refractivity contribution is -0.115. The van der Waals surface area contributed by atoms with Crippen molar-refractivity contribution in [2.24, 2.45) is 0 Å². The highest BCUT2D eigenvalue weighted by Crippen LogP contribution is 2.15. The maximum atomic E-state index is 11.5. The van der Waals surface area contributed by atoms with Gasteiger partial charge in [0.2, 0.25) is 5.91 Å².